The molecule has 0 aliphatic rings. The third-order valence-electron chi connectivity index (χ3n) is 3.34. The molecule has 7 heteroatoms. The lowest BCUT2D eigenvalue weighted by atomic mass is 10.1. The average molecular weight is 392 g/mol. The predicted octanol–water partition coefficient (Wildman–Crippen LogP) is 3.92. The highest BCUT2D eigenvalue weighted by molar-refractivity contribution is 7.91. The van der Waals surface area contributed by atoms with Crippen LogP contribution in [0.15, 0.2) is 58.8 Å². The van der Waals surface area contributed by atoms with E-state index in [4.69, 9.17) is 16.3 Å². The van der Waals surface area contributed by atoms with Crippen molar-refractivity contribution in [3.63, 3.8) is 0 Å². The zero-order chi connectivity index (χ0) is 17.7. The van der Waals surface area contributed by atoms with Crippen LogP contribution in [0, 0.1) is 11.8 Å². The number of fused-ring (bicyclic) bond motifs is 1. The van der Waals surface area contributed by atoms with Crippen LogP contribution in [-0.4, -0.2) is 21.6 Å². The monoisotopic (exact) mass is 391 g/mol. The molecule has 0 saturated heterocycles. The van der Waals surface area contributed by atoms with E-state index in [0.29, 0.717) is 4.34 Å². The maximum absolute atomic E-state index is 12.0. The van der Waals surface area contributed by atoms with Crippen molar-refractivity contribution in [2.45, 2.75) is 4.21 Å². The van der Waals surface area contributed by atoms with Crippen molar-refractivity contribution in [1.29, 1.82) is 0 Å². The van der Waals surface area contributed by atoms with Crippen LogP contribution in [0.4, 0.5) is 0 Å². The summed E-state index contributed by atoms with van der Waals surface area (Å²) in [6.07, 6.45) is 0. The summed E-state index contributed by atoms with van der Waals surface area (Å²) >= 11 is 6.75. The molecule has 1 N–H and O–H groups in total. The fourth-order valence-electron chi connectivity index (χ4n) is 2.19. The van der Waals surface area contributed by atoms with Crippen LogP contribution >= 0.6 is 22.9 Å². The first-order valence-corrected chi connectivity index (χ1v) is 10.1. The standard InChI is InChI=1S/C18H14ClNO3S2/c19-17-10-11-18(24-17)25(21,22)20-12-3-4-13-23-16-9-5-7-14-6-1-2-8-15(14)16/h1-2,5-11,20H,12-13H2. The van der Waals surface area contributed by atoms with Crippen LogP contribution < -0.4 is 9.46 Å². The van der Waals surface area contributed by atoms with Gasteiger partial charge in [0.05, 0.1) is 10.9 Å². The van der Waals surface area contributed by atoms with Gasteiger partial charge in [-0.25, -0.2) is 8.42 Å². The Morgan fingerprint density at radius 2 is 1.84 bits per heavy atom. The Morgan fingerprint density at radius 3 is 2.64 bits per heavy atom. The van der Waals surface area contributed by atoms with Gasteiger partial charge in [-0.2, -0.15) is 4.72 Å². The second-order valence-electron chi connectivity index (χ2n) is 5.00. The second kappa shape index (κ2) is 7.89. The summed E-state index contributed by atoms with van der Waals surface area (Å²) in [7, 11) is -3.57. The first-order valence-electron chi connectivity index (χ1n) is 7.37. The summed E-state index contributed by atoms with van der Waals surface area (Å²) in [4.78, 5) is 0. The molecule has 128 valence electrons. The van der Waals surface area contributed by atoms with Gasteiger partial charge in [-0.3, -0.25) is 0 Å². The summed E-state index contributed by atoms with van der Waals surface area (Å²) in [5.41, 5.74) is 0. The van der Waals surface area contributed by atoms with Gasteiger partial charge in [-0.15, -0.1) is 11.3 Å². The minimum absolute atomic E-state index is 0.0107. The molecule has 25 heavy (non-hydrogen) atoms. The predicted molar refractivity (Wildman–Crippen MR) is 102 cm³/mol. The largest absolute Gasteiger partial charge is 0.480 e. The van der Waals surface area contributed by atoms with Gasteiger partial charge in [0, 0.05) is 5.39 Å². The Hall–Kier alpha value is -2.04. The highest BCUT2D eigenvalue weighted by Gasteiger charge is 2.15. The van der Waals surface area contributed by atoms with Gasteiger partial charge in [0.1, 0.15) is 16.6 Å². The third kappa shape index (κ3) is 4.53. The maximum atomic E-state index is 12.0. The minimum Gasteiger partial charge on any atom is -0.480 e. The molecule has 0 saturated carbocycles. The van der Waals surface area contributed by atoms with Crippen LogP contribution in [0.2, 0.25) is 4.34 Å². The molecular formula is C18H14ClNO3S2. The fourth-order valence-corrected chi connectivity index (χ4v) is 4.64. The minimum atomic E-state index is -3.57. The number of sulfonamides is 1. The van der Waals surface area contributed by atoms with Crippen molar-refractivity contribution in [3.8, 4) is 17.6 Å². The number of benzene rings is 2. The summed E-state index contributed by atoms with van der Waals surface area (Å²) in [5.74, 6) is 6.30. The number of ether oxygens (including phenoxy) is 1. The van der Waals surface area contributed by atoms with Crippen LogP contribution in [0.1, 0.15) is 0 Å². The van der Waals surface area contributed by atoms with E-state index < -0.39 is 10.0 Å². The van der Waals surface area contributed by atoms with E-state index in [1.54, 1.807) is 6.07 Å². The molecule has 0 aliphatic heterocycles. The molecule has 0 radical (unpaired) electrons. The second-order valence-corrected chi connectivity index (χ2v) is 8.71. The number of nitrogens with one attached hydrogen (secondary N) is 1. The van der Waals surface area contributed by atoms with Gasteiger partial charge >= 0.3 is 0 Å². The third-order valence-corrected chi connectivity index (χ3v) is 6.46. The van der Waals surface area contributed by atoms with Crippen molar-refractivity contribution in [1.82, 2.24) is 4.72 Å². The number of hydrogen-bond acceptors (Lipinski definition) is 4. The quantitative estimate of drug-likeness (QED) is 0.671. The molecule has 3 rings (SSSR count). The molecule has 0 fully saturated rings. The normalized spacial score (nSPS) is 11.1. The zero-order valence-electron chi connectivity index (χ0n) is 13.0. The van der Waals surface area contributed by atoms with Gasteiger partial charge < -0.3 is 4.74 Å². The van der Waals surface area contributed by atoms with Crippen LogP contribution in [0.5, 0.6) is 5.75 Å². The molecular weight excluding hydrogens is 378 g/mol. The highest BCUT2D eigenvalue weighted by Crippen LogP contribution is 2.25. The van der Waals surface area contributed by atoms with Crippen LogP contribution in [-0.2, 0) is 10.0 Å². The van der Waals surface area contributed by atoms with Gasteiger partial charge in [0.15, 0.2) is 0 Å². The van der Waals surface area contributed by atoms with E-state index >= 15 is 0 Å². The van der Waals surface area contributed by atoms with Crippen molar-refractivity contribution in [3.05, 3.63) is 58.9 Å². The number of hydrogen-bond donors (Lipinski definition) is 1. The Kier molecular flexibility index (Phi) is 5.61. The molecule has 0 unspecified atom stereocenters. The zero-order valence-corrected chi connectivity index (χ0v) is 15.4. The van der Waals surface area contributed by atoms with E-state index in [1.165, 1.54) is 6.07 Å². The highest BCUT2D eigenvalue weighted by atomic mass is 35.5. The van der Waals surface area contributed by atoms with E-state index in [-0.39, 0.29) is 17.4 Å². The van der Waals surface area contributed by atoms with Crippen molar-refractivity contribution in [2.75, 3.05) is 13.2 Å². The van der Waals surface area contributed by atoms with Crippen molar-refractivity contribution in [2.24, 2.45) is 0 Å². The lowest BCUT2D eigenvalue weighted by Crippen LogP contribution is -2.23. The van der Waals surface area contributed by atoms with Crippen molar-refractivity contribution < 1.29 is 13.2 Å². The molecule has 0 spiro atoms. The molecule has 2 aromatic carbocycles. The molecule has 4 nitrogen and oxygen atoms in total. The lowest BCUT2D eigenvalue weighted by Gasteiger charge is -2.06. The van der Waals surface area contributed by atoms with E-state index in [2.05, 4.69) is 16.6 Å². The Labute approximate surface area is 155 Å². The summed E-state index contributed by atoms with van der Waals surface area (Å²) < 4.78 is 32.7. The number of halogens is 1. The average Bonchev–Trinajstić information content (AvgIpc) is 3.05. The van der Waals surface area contributed by atoms with Gasteiger partial charge in [-0.05, 0) is 23.6 Å². The summed E-state index contributed by atoms with van der Waals surface area (Å²) in [6.45, 7) is 0.192. The number of thiophene rings is 1. The molecule has 0 atom stereocenters. The first-order chi connectivity index (χ1) is 12.1. The first kappa shape index (κ1) is 17.8. The molecule has 3 aromatic rings. The number of rotatable bonds is 5. The lowest BCUT2D eigenvalue weighted by molar-refractivity contribution is 0.374. The van der Waals surface area contributed by atoms with E-state index in [9.17, 15) is 8.42 Å². The maximum Gasteiger partial charge on any atom is 0.250 e. The van der Waals surface area contributed by atoms with Crippen LogP contribution in [0.3, 0.4) is 0 Å². The van der Waals surface area contributed by atoms with Gasteiger partial charge in [0.2, 0.25) is 0 Å². The SMILES string of the molecule is O=S(=O)(NCC#CCOc1cccc2ccccc12)c1ccc(Cl)s1. The van der Waals surface area contributed by atoms with Gasteiger partial charge in [0.25, 0.3) is 10.0 Å². The smallest absolute Gasteiger partial charge is 0.250 e. The van der Waals surface area contributed by atoms with Gasteiger partial charge in [-0.1, -0.05) is 59.8 Å². The summed E-state index contributed by atoms with van der Waals surface area (Å²) in [6, 6.07) is 16.7. The Morgan fingerprint density at radius 1 is 1.04 bits per heavy atom. The Bertz CT molecular complexity index is 1040. The molecule has 0 amide bonds. The van der Waals surface area contributed by atoms with E-state index in [1.807, 2.05) is 42.5 Å². The Balaban J connectivity index is 1.55. The topological polar surface area (TPSA) is 55.4 Å². The molecule has 0 bridgehead atoms. The van der Waals surface area contributed by atoms with Crippen LogP contribution in [0.25, 0.3) is 10.8 Å². The molecule has 1 heterocycles. The van der Waals surface area contributed by atoms with E-state index in [0.717, 1.165) is 27.9 Å². The molecule has 0 aliphatic carbocycles. The van der Waals surface area contributed by atoms with Crippen molar-refractivity contribution >= 4 is 43.7 Å². The molecule has 1 aromatic heterocycles. The fraction of sp³-hybridized carbons (Fsp3) is 0.111. The summed E-state index contributed by atoms with van der Waals surface area (Å²) in [5, 5.41) is 2.11.